The van der Waals surface area contributed by atoms with Gasteiger partial charge in [-0.3, -0.25) is 5.73 Å². The summed E-state index contributed by atoms with van der Waals surface area (Å²) in [6, 6.07) is 0. The molecule has 0 unspecified atom stereocenters. The number of hydrogen-bond acceptors (Lipinski definition) is 1. The monoisotopic (exact) mass is 96.1 g/mol. The number of nitrogens with zero attached hydrogens (tertiary/aromatic N) is 1. The van der Waals surface area contributed by atoms with E-state index in [-0.39, 0.29) is 6.54 Å². The summed E-state index contributed by atoms with van der Waals surface area (Å²) in [6.07, 6.45) is 3.29. The third-order valence-electron chi connectivity index (χ3n) is 0.736. The molecular weight excluding hydrogens is 90.1 g/mol. The summed E-state index contributed by atoms with van der Waals surface area (Å²) in [4.78, 5) is 6.54. The Bertz CT molecular complexity index is 121. The third-order valence-corrected chi connectivity index (χ3v) is 0.736. The van der Waals surface area contributed by atoms with E-state index in [1.165, 1.54) is 0 Å². The number of H-pyrrole nitrogens is 1. The Kier molecular flexibility index (Phi) is 1.08. The fraction of sp³-hybridized carbons (Fsp3) is 0.250. The molecule has 0 saturated carbocycles. The van der Waals surface area contributed by atoms with E-state index in [4.69, 9.17) is 5.73 Å². The molecule has 1 heterocycles. The predicted molar refractivity (Wildman–Crippen MR) is 25.4 cm³/mol. The van der Waals surface area contributed by atoms with Crippen molar-refractivity contribution in [1.29, 1.82) is 0 Å². The van der Waals surface area contributed by atoms with Gasteiger partial charge in [-0.05, 0) is 0 Å². The minimum atomic E-state index is 0.267. The van der Waals surface area contributed by atoms with Gasteiger partial charge in [0, 0.05) is 6.20 Å². The molecule has 2 N–H and O–H groups in total. The molecule has 0 aliphatic heterocycles. The van der Waals surface area contributed by atoms with Gasteiger partial charge in [-0.15, -0.1) is 0 Å². The first-order valence-electron chi connectivity index (χ1n) is 2.05. The topological polar surface area (TPSA) is 52.5 Å². The van der Waals surface area contributed by atoms with Crippen molar-refractivity contribution in [2.75, 3.05) is 0 Å². The van der Waals surface area contributed by atoms with Gasteiger partial charge < -0.3 is 4.98 Å². The lowest BCUT2D eigenvalue weighted by Crippen LogP contribution is -1.80. The molecule has 1 rings (SSSR count). The van der Waals surface area contributed by atoms with E-state index < -0.39 is 0 Å². The summed E-state index contributed by atoms with van der Waals surface area (Å²) >= 11 is 0. The zero-order chi connectivity index (χ0) is 5.11. The standard InChI is InChI=1S/C4H6N3/c5-1-4-2-6-3-7-4/h2-3,5H,1H2,(H,6,7). The van der Waals surface area contributed by atoms with Gasteiger partial charge in [0.25, 0.3) is 0 Å². The molecule has 37 valence electrons. The molecule has 1 aromatic rings. The maximum absolute atomic E-state index is 6.78. The Balaban J connectivity index is 2.76. The van der Waals surface area contributed by atoms with Gasteiger partial charge in [-0.25, -0.2) is 4.98 Å². The first kappa shape index (κ1) is 4.33. The molecule has 0 atom stereocenters. The molecule has 0 fully saturated rings. The predicted octanol–water partition coefficient (Wildman–Crippen LogP) is 0.193. The SMILES string of the molecule is [NH]Cc1c[nH]cn1. The van der Waals surface area contributed by atoms with Crippen molar-refractivity contribution < 1.29 is 0 Å². The average Bonchev–Trinajstić information content (AvgIpc) is 2.14. The van der Waals surface area contributed by atoms with E-state index in [1.54, 1.807) is 12.5 Å². The zero-order valence-electron chi connectivity index (χ0n) is 3.81. The molecule has 3 nitrogen and oxygen atoms in total. The van der Waals surface area contributed by atoms with Gasteiger partial charge in [0.2, 0.25) is 0 Å². The molecule has 0 spiro atoms. The second kappa shape index (κ2) is 1.75. The molecular formula is C4H6N3. The highest BCUT2D eigenvalue weighted by Gasteiger charge is 1.84. The van der Waals surface area contributed by atoms with Crippen LogP contribution in [0.25, 0.3) is 0 Å². The van der Waals surface area contributed by atoms with Crippen LogP contribution in [0, 0.1) is 0 Å². The number of hydrogen-bond donors (Lipinski definition) is 1. The summed E-state index contributed by atoms with van der Waals surface area (Å²) < 4.78 is 0. The second-order valence-corrected chi connectivity index (χ2v) is 1.24. The highest BCUT2D eigenvalue weighted by molar-refractivity contribution is 4.91. The second-order valence-electron chi connectivity index (χ2n) is 1.24. The van der Waals surface area contributed by atoms with Gasteiger partial charge >= 0.3 is 0 Å². The largest absolute Gasteiger partial charge is 0.351 e. The molecule has 0 saturated heterocycles. The van der Waals surface area contributed by atoms with Crippen molar-refractivity contribution in [2.24, 2.45) is 0 Å². The van der Waals surface area contributed by atoms with Gasteiger partial charge in [0.05, 0.1) is 18.6 Å². The lowest BCUT2D eigenvalue weighted by Gasteiger charge is -1.76. The van der Waals surface area contributed by atoms with E-state index in [1.807, 2.05) is 0 Å². The summed E-state index contributed by atoms with van der Waals surface area (Å²) in [6.45, 7) is 0.267. The van der Waals surface area contributed by atoms with Crippen LogP contribution in [0.4, 0.5) is 0 Å². The fourth-order valence-electron chi connectivity index (χ4n) is 0.388. The van der Waals surface area contributed by atoms with Gasteiger partial charge in [0.1, 0.15) is 0 Å². The van der Waals surface area contributed by atoms with Gasteiger partial charge in [0.15, 0.2) is 0 Å². The summed E-state index contributed by atoms with van der Waals surface area (Å²) in [5, 5.41) is 0. The lowest BCUT2D eigenvalue weighted by molar-refractivity contribution is 0.977. The zero-order valence-corrected chi connectivity index (χ0v) is 3.81. The van der Waals surface area contributed by atoms with E-state index in [0.29, 0.717) is 0 Å². The lowest BCUT2D eigenvalue weighted by atomic mass is 10.5. The van der Waals surface area contributed by atoms with E-state index in [0.717, 1.165) is 5.69 Å². The maximum Gasteiger partial charge on any atom is 0.0923 e. The summed E-state index contributed by atoms with van der Waals surface area (Å²) in [5.41, 5.74) is 7.57. The number of imidazole rings is 1. The van der Waals surface area contributed by atoms with Crippen molar-refractivity contribution in [1.82, 2.24) is 15.7 Å². The Labute approximate surface area is 41.6 Å². The molecule has 0 bridgehead atoms. The maximum atomic E-state index is 6.78. The molecule has 1 radical (unpaired) electrons. The van der Waals surface area contributed by atoms with Gasteiger partial charge in [-0.2, -0.15) is 0 Å². The van der Waals surface area contributed by atoms with Crippen molar-refractivity contribution in [2.45, 2.75) is 6.54 Å². The number of nitrogens with one attached hydrogen (secondary N) is 2. The molecule has 3 heteroatoms. The van der Waals surface area contributed by atoms with Gasteiger partial charge in [-0.1, -0.05) is 0 Å². The molecule has 7 heavy (non-hydrogen) atoms. The molecule has 1 aromatic heterocycles. The van der Waals surface area contributed by atoms with Crippen LogP contribution in [0.1, 0.15) is 5.69 Å². The minimum absolute atomic E-state index is 0.267. The van der Waals surface area contributed by atoms with Crippen LogP contribution < -0.4 is 5.73 Å². The summed E-state index contributed by atoms with van der Waals surface area (Å²) in [7, 11) is 0. The number of aromatic amines is 1. The minimum Gasteiger partial charge on any atom is -0.351 e. The quantitative estimate of drug-likeness (QED) is 0.533. The third kappa shape index (κ3) is 0.778. The molecule has 0 aliphatic rings. The molecule has 0 aromatic carbocycles. The fourth-order valence-corrected chi connectivity index (χ4v) is 0.388. The van der Waals surface area contributed by atoms with E-state index in [9.17, 15) is 0 Å². The van der Waals surface area contributed by atoms with Crippen LogP contribution in [-0.4, -0.2) is 9.97 Å². The van der Waals surface area contributed by atoms with Crippen LogP contribution in [0.2, 0.25) is 0 Å². The van der Waals surface area contributed by atoms with Crippen molar-refractivity contribution in [3.63, 3.8) is 0 Å². The van der Waals surface area contributed by atoms with E-state index in [2.05, 4.69) is 9.97 Å². The number of aromatic nitrogens is 2. The van der Waals surface area contributed by atoms with E-state index >= 15 is 0 Å². The van der Waals surface area contributed by atoms with Crippen LogP contribution in [0.5, 0.6) is 0 Å². The van der Waals surface area contributed by atoms with Crippen molar-refractivity contribution in [3.8, 4) is 0 Å². The molecule has 0 aliphatic carbocycles. The highest BCUT2D eigenvalue weighted by Crippen LogP contribution is 1.85. The smallest absolute Gasteiger partial charge is 0.0923 e. The Morgan fingerprint density at radius 1 is 1.86 bits per heavy atom. The first-order chi connectivity index (χ1) is 3.43. The van der Waals surface area contributed by atoms with Crippen LogP contribution in [0.3, 0.4) is 0 Å². The summed E-state index contributed by atoms with van der Waals surface area (Å²) in [5.74, 6) is 0. The Morgan fingerprint density at radius 3 is 3.00 bits per heavy atom. The van der Waals surface area contributed by atoms with Crippen LogP contribution in [-0.2, 0) is 6.54 Å². The van der Waals surface area contributed by atoms with Crippen LogP contribution in [0.15, 0.2) is 12.5 Å². The highest BCUT2D eigenvalue weighted by atomic mass is 14.9. The number of rotatable bonds is 1. The average molecular weight is 96.1 g/mol. The Morgan fingerprint density at radius 2 is 2.71 bits per heavy atom. The Hall–Kier alpha value is -0.830. The van der Waals surface area contributed by atoms with Crippen molar-refractivity contribution in [3.05, 3.63) is 18.2 Å². The normalized spacial score (nSPS) is 9.29. The van der Waals surface area contributed by atoms with Crippen LogP contribution >= 0.6 is 0 Å². The first-order valence-corrected chi connectivity index (χ1v) is 2.05. The van der Waals surface area contributed by atoms with Crippen molar-refractivity contribution >= 4 is 0 Å². The molecule has 0 amide bonds.